The molecule has 0 spiro atoms. The third kappa shape index (κ3) is 6.16. The summed E-state index contributed by atoms with van der Waals surface area (Å²) >= 11 is 0. The highest BCUT2D eigenvalue weighted by atomic mass is 16.5. The van der Waals surface area contributed by atoms with E-state index >= 15 is 0 Å². The van der Waals surface area contributed by atoms with Crippen molar-refractivity contribution in [1.82, 2.24) is 10.2 Å². The maximum absolute atomic E-state index is 12.8. The van der Waals surface area contributed by atoms with E-state index in [-0.39, 0.29) is 11.8 Å². The molecule has 5 heteroatoms. The van der Waals surface area contributed by atoms with E-state index in [1.165, 1.54) is 5.56 Å². The Morgan fingerprint density at radius 3 is 2.31 bits per heavy atom. The maximum Gasteiger partial charge on any atom is 0.253 e. The maximum atomic E-state index is 12.8. The second kappa shape index (κ2) is 10.8. The Bertz CT molecular complexity index is 782. The third-order valence-corrected chi connectivity index (χ3v) is 5.47. The first-order valence-corrected chi connectivity index (χ1v) is 10.4. The van der Waals surface area contributed by atoms with E-state index in [0.717, 1.165) is 38.8 Å². The average molecular weight is 395 g/mol. The number of likely N-dealkylation sites (tertiary alicyclic amines) is 1. The van der Waals surface area contributed by atoms with Crippen LogP contribution in [-0.2, 0) is 11.2 Å². The van der Waals surface area contributed by atoms with Crippen LogP contribution in [0.5, 0.6) is 0 Å². The van der Waals surface area contributed by atoms with Crippen LogP contribution in [0.25, 0.3) is 0 Å². The summed E-state index contributed by atoms with van der Waals surface area (Å²) in [6.07, 6.45) is 3.92. The van der Waals surface area contributed by atoms with Crippen LogP contribution in [0.3, 0.4) is 0 Å². The topological polar surface area (TPSA) is 58.6 Å². The van der Waals surface area contributed by atoms with Crippen LogP contribution in [0.2, 0.25) is 0 Å². The summed E-state index contributed by atoms with van der Waals surface area (Å²) in [7, 11) is 1.64. The van der Waals surface area contributed by atoms with Gasteiger partial charge < -0.3 is 15.0 Å². The smallest absolute Gasteiger partial charge is 0.253 e. The molecule has 5 nitrogen and oxygen atoms in total. The number of hydrogen-bond acceptors (Lipinski definition) is 3. The highest BCUT2D eigenvalue weighted by Crippen LogP contribution is 2.23. The molecule has 2 aromatic carbocycles. The number of rotatable bonds is 8. The number of methoxy groups -OCH3 is 1. The van der Waals surface area contributed by atoms with Crippen molar-refractivity contribution >= 4 is 11.8 Å². The predicted molar refractivity (Wildman–Crippen MR) is 114 cm³/mol. The van der Waals surface area contributed by atoms with Gasteiger partial charge in [0.15, 0.2) is 0 Å². The number of carbonyl (C=O) groups is 2. The first kappa shape index (κ1) is 21.1. The van der Waals surface area contributed by atoms with Crippen LogP contribution in [-0.4, -0.2) is 50.1 Å². The number of benzene rings is 2. The molecule has 0 aromatic heterocycles. The zero-order chi connectivity index (χ0) is 20.5. The second-order valence-corrected chi connectivity index (χ2v) is 7.60. The zero-order valence-electron chi connectivity index (χ0n) is 17.1. The van der Waals surface area contributed by atoms with Gasteiger partial charge in [0.25, 0.3) is 11.8 Å². The van der Waals surface area contributed by atoms with Crippen LogP contribution >= 0.6 is 0 Å². The summed E-state index contributed by atoms with van der Waals surface area (Å²) < 4.78 is 4.97. The highest BCUT2D eigenvalue weighted by molar-refractivity contribution is 5.97. The van der Waals surface area contributed by atoms with Gasteiger partial charge in [0.2, 0.25) is 0 Å². The predicted octanol–water partition coefficient (Wildman–Crippen LogP) is 3.55. The normalized spacial score (nSPS) is 14.6. The van der Waals surface area contributed by atoms with E-state index in [1.807, 2.05) is 11.0 Å². The van der Waals surface area contributed by atoms with Crippen molar-refractivity contribution in [3.63, 3.8) is 0 Å². The molecule has 1 aliphatic heterocycles. The lowest BCUT2D eigenvalue weighted by Gasteiger charge is -2.32. The number of piperidine rings is 1. The Kier molecular flexibility index (Phi) is 7.82. The van der Waals surface area contributed by atoms with Crippen molar-refractivity contribution in [2.24, 2.45) is 5.92 Å². The number of carbonyl (C=O) groups excluding carboxylic acids is 2. The van der Waals surface area contributed by atoms with Gasteiger partial charge >= 0.3 is 0 Å². The molecule has 0 saturated carbocycles. The van der Waals surface area contributed by atoms with E-state index in [1.54, 1.807) is 31.4 Å². The van der Waals surface area contributed by atoms with E-state index in [9.17, 15) is 9.59 Å². The number of nitrogens with zero attached hydrogens (tertiary/aromatic N) is 1. The summed E-state index contributed by atoms with van der Waals surface area (Å²) in [5.41, 5.74) is 2.58. The molecule has 0 aliphatic carbocycles. The van der Waals surface area contributed by atoms with Crippen molar-refractivity contribution < 1.29 is 14.3 Å². The molecule has 1 fully saturated rings. The van der Waals surface area contributed by atoms with Gasteiger partial charge in [0.1, 0.15) is 0 Å². The van der Waals surface area contributed by atoms with Gasteiger partial charge in [-0.2, -0.15) is 0 Å². The van der Waals surface area contributed by atoms with Crippen molar-refractivity contribution in [2.45, 2.75) is 25.7 Å². The van der Waals surface area contributed by atoms with Gasteiger partial charge in [-0.1, -0.05) is 30.3 Å². The fraction of sp³-hybridized carbons (Fsp3) is 0.417. The summed E-state index contributed by atoms with van der Waals surface area (Å²) in [4.78, 5) is 26.9. The molecule has 154 valence electrons. The van der Waals surface area contributed by atoms with E-state index in [4.69, 9.17) is 4.74 Å². The molecule has 29 heavy (non-hydrogen) atoms. The zero-order valence-corrected chi connectivity index (χ0v) is 17.1. The number of ether oxygens (including phenoxy) is 1. The fourth-order valence-corrected chi connectivity index (χ4v) is 3.75. The van der Waals surface area contributed by atoms with Crippen LogP contribution in [0.15, 0.2) is 54.6 Å². The Morgan fingerprint density at radius 2 is 1.66 bits per heavy atom. The quantitative estimate of drug-likeness (QED) is 0.697. The van der Waals surface area contributed by atoms with E-state index in [0.29, 0.717) is 30.2 Å². The molecule has 2 amide bonds. The molecule has 0 atom stereocenters. The first-order valence-electron chi connectivity index (χ1n) is 10.4. The van der Waals surface area contributed by atoms with E-state index < -0.39 is 0 Å². The molecule has 1 saturated heterocycles. The number of hydrogen-bond donors (Lipinski definition) is 1. The van der Waals surface area contributed by atoms with Gasteiger partial charge in [-0.05, 0) is 61.4 Å². The fourth-order valence-electron chi connectivity index (χ4n) is 3.75. The molecule has 0 bridgehead atoms. The minimum Gasteiger partial charge on any atom is -0.385 e. The summed E-state index contributed by atoms with van der Waals surface area (Å²) in [5, 5.41) is 2.86. The molecule has 0 unspecified atom stereocenters. The minimum absolute atomic E-state index is 0.0511. The average Bonchev–Trinajstić information content (AvgIpc) is 2.77. The lowest BCUT2D eigenvalue weighted by atomic mass is 9.90. The Morgan fingerprint density at radius 1 is 1.00 bits per heavy atom. The number of nitrogens with one attached hydrogen (secondary N) is 1. The van der Waals surface area contributed by atoms with Crippen LogP contribution in [0.1, 0.15) is 45.5 Å². The van der Waals surface area contributed by atoms with Crippen LogP contribution < -0.4 is 5.32 Å². The molecule has 1 heterocycles. The highest BCUT2D eigenvalue weighted by Gasteiger charge is 2.23. The van der Waals surface area contributed by atoms with Gasteiger partial charge in [-0.15, -0.1) is 0 Å². The summed E-state index contributed by atoms with van der Waals surface area (Å²) in [6, 6.07) is 17.5. The minimum atomic E-state index is -0.123. The first-order chi connectivity index (χ1) is 14.2. The monoisotopic (exact) mass is 394 g/mol. The molecular weight excluding hydrogens is 364 g/mol. The number of amides is 2. The van der Waals surface area contributed by atoms with Gasteiger partial charge in [0, 0.05) is 44.5 Å². The third-order valence-electron chi connectivity index (χ3n) is 5.47. The summed E-state index contributed by atoms with van der Waals surface area (Å²) in [6.45, 7) is 2.77. The molecular formula is C24H30N2O3. The molecule has 1 aliphatic rings. The molecule has 0 radical (unpaired) electrons. The van der Waals surface area contributed by atoms with Crippen LogP contribution in [0.4, 0.5) is 0 Å². The Hall–Kier alpha value is -2.66. The lowest BCUT2D eigenvalue weighted by molar-refractivity contribution is 0.0690. The largest absolute Gasteiger partial charge is 0.385 e. The standard InChI is InChI=1S/C24H30N2O3/c1-29-17-5-14-25-23(27)21-8-10-22(11-9-21)24(28)26-15-12-20(13-16-26)18-19-6-3-2-4-7-19/h2-4,6-11,20H,5,12-18H2,1H3,(H,25,27). The second-order valence-electron chi connectivity index (χ2n) is 7.60. The molecule has 1 N–H and O–H groups in total. The van der Waals surface area contributed by atoms with Gasteiger partial charge in [0.05, 0.1) is 0 Å². The van der Waals surface area contributed by atoms with Crippen molar-refractivity contribution in [1.29, 1.82) is 0 Å². The lowest BCUT2D eigenvalue weighted by Crippen LogP contribution is -2.38. The van der Waals surface area contributed by atoms with Gasteiger partial charge in [-0.3, -0.25) is 9.59 Å². The Balaban J connectivity index is 1.47. The molecule has 2 aromatic rings. The van der Waals surface area contributed by atoms with Crippen LogP contribution in [0, 0.1) is 5.92 Å². The van der Waals surface area contributed by atoms with Crippen molar-refractivity contribution in [3.05, 3.63) is 71.3 Å². The van der Waals surface area contributed by atoms with Crippen molar-refractivity contribution in [3.8, 4) is 0 Å². The van der Waals surface area contributed by atoms with Gasteiger partial charge in [-0.25, -0.2) is 0 Å². The van der Waals surface area contributed by atoms with E-state index in [2.05, 4.69) is 29.6 Å². The van der Waals surface area contributed by atoms with Crippen molar-refractivity contribution in [2.75, 3.05) is 33.4 Å². The Labute approximate surface area is 173 Å². The SMILES string of the molecule is COCCCNC(=O)c1ccc(C(=O)N2CCC(Cc3ccccc3)CC2)cc1. The molecule has 3 rings (SSSR count). The summed E-state index contributed by atoms with van der Waals surface area (Å²) in [5.74, 6) is 0.558.